The van der Waals surface area contributed by atoms with Crippen LogP contribution in [-0.4, -0.2) is 17.1 Å². The van der Waals surface area contributed by atoms with Gasteiger partial charge in [0.2, 0.25) is 17.1 Å². The third kappa shape index (κ3) is 2.17. The fourth-order valence-corrected chi connectivity index (χ4v) is 2.39. The number of ketones is 2. The fourth-order valence-electron chi connectivity index (χ4n) is 2.26. The standard InChI is InChI=1S/C16H11ClN2O2/c1-16(19-18-11-8-6-10(17)7-9-11)14(20)12-4-2-3-5-13(12)15(16)21/h2-9H,1H3. The lowest BCUT2D eigenvalue weighted by molar-refractivity contribution is 0.0813. The predicted molar refractivity (Wildman–Crippen MR) is 79.5 cm³/mol. The molecule has 0 aliphatic heterocycles. The summed E-state index contributed by atoms with van der Waals surface area (Å²) in [4.78, 5) is 24.8. The summed E-state index contributed by atoms with van der Waals surface area (Å²) >= 11 is 5.79. The molecule has 0 N–H and O–H groups in total. The molecule has 0 bridgehead atoms. The summed E-state index contributed by atoms with van der Waals surface area (Å²) in [5.74, 6) is -0.637. The highest BCUT2D eigenvalue weighted by Gasteiger charge is 2.50. The first-order valence-corrected chi connectivity index (χ1v) is 6.77. The second-order valence-electron chi connectivity index (χ2n) is 4.95. The van der Waals surface area contributed by atoms with E-state index < -0.39 is 5.54 Å². The molecule has 0 amide bonds. The quantitative estimate of drug-likeness (QED) is 0.614. The first-order valence-electron chi connectivity index (χ1n) is 6.39. The van der Waals surface area contributed by atoms with Gasteiger partial charge in [0.15, 0.2) is 0 Å². The highest BCUT2D eigenvalue weighted by Crippen LogP contribution is 2.33. The molecule has 0 saturated carbocycles. The van der Waals surface area contributed by atoms with Gasteiger partial charge in [0.05, 0.1) is 5.69 Å². The van der Waals surface area contributed by atoms with Crippen LogP contribution in [0.5, 0.6) is 0 Å². The molecule has 0 spiro atoms. The van der Waals surface area contributed by atoms with E-state index in [1.807, 2.05) is 0 Å². The monoisotopic (exact) mass is 298 g/mol. The van der Waals surface area contributed by atoms with E-state index in [0.717, 1.165) is 0 Å². The Morgan fingerprint density at radius 1 is 0.905 bits per heavy atom. The van der Waals surface area contributed by atoms with E-state index in [9.17, 15) is 9.59 Å². The van der Waals surface area contributed by atoms with Crippen molar-refractivity contribution in [1.29, 1.82) is 0 Å². The van der Waals surface area contributed by atoms with Crippen molar-refractivity contribution >= 4 is 28.9 Å². The van der Waals surface area contributed by atoms with Gasteiger partial charge in [-0.2, -0.15) is 10.2 Å². The molecule has 3 rings (SSSR count). The molecule has 2 aromatic rings. The Hall–Kier alpha value is -2.33. The number of rotatable bonds is 2. The first-order chi connectivity index (χ1) is 10.0. The average Bonchev–Trinajstić information content (AvgIpc) is 2.70. The van der Waals surface area contributed by atoms with Crippen LogP contribution in [0.4, 0.5) is 5.69 Å². The summed E-state index contributed by atoms with van der Waals surface area (Å²) in [5.41, 5.74) is -0.138. The number of hydrogen-bond donors (Lipinski definition) is 0. The molecule has 0 saturated heterocycles. The van der Waals surface area contributed by atoms with Crippen molar-refractivity contribution in [2.75, 3.05) is 0 Å². The fraction of sp³-hybridized carbons (Fsp3) is 0.125. The summed E-state index contributed by atoms with van der Waals surface area (Å²) < 4.78 is 0. The number of halogens is 1. The lowest BCUT2D eigenvalue weighted by atomic mass is 9.97. The van der Waals surface area contributed by atoms with E-state index in [-0.39, 0.29) is 11.6 Å². The van der Waals surface area contributed by atoms with Gasteiger partial charge in [-0.15, -0.1) is 0 Å². The minimum atomic E-state index is -1.48. The van der Waals surface area contributed by atoms with Crippen molar-refractivity contribution in [2.45, 2.75) is 12.5 Å². The highest BCUT2D eigenvalue weighted by molar-refractivity contribution is 6.32. The van der Waals surface area contributed by atoms with Crippen molar-refractivity contribution < 1.29 is 9.59 Å². The van der Waals surface area contributed by atoms with E-state index >= 15 is 0 Å². The molecule has 5 heteroatoms. The van der Waals surface area contributed by atoms with Crippen LogP contribution in [0, 0.1) is 0 Å². The molecule has 1 aliphatic rings. The first kappa shape index (κ1) is 13.6. The zero-order chi connectivity index (χ0) is 15.0. The number of azo groups is 1. The minimum Gasteiger partial charge on any atom is -0.291 e. The Balaban J connectivity index is 1.97. The molecule has 4 nitrogen and oxygen atoms in total. The van der Waals surface area contributed by atoms with Gasteiger partial charge in [-0.3, -0.25) is 9.59 Å². The van der Waals surface area contributed by atoms with Gasteiger partial charge in [-0.1, -0.05) is 35.9 Å². The van der Waals surface area contributed by atoms with Gasteiger partial charge in [0.1, 0.15) is 0 Å². The van der Waals surface area contributed by atoms with Crippen molar-refractivity contribution in [3.63, 3.8) is 0 Å². The van der Waals surface area contributed by atoms with Crippen molar-refractivity contribution in [3.8, 4) is 0 Å². The van der Waals surface area contributed by atoms with Gasteiger partial charge >= 0.3 is 0 Å². The SMILES string of the molecule is CC1(N=Nc2ccc(Cl)cc2)C(=O)c2ccccc2C1=O. The molecule has 0 fully saturated rings. The van der Waals surface area contributed by atoms with Crippen molar-refractivity contribution in [1.82, 2.24) is 0 Å². The topological polar surface area (TPSA) is 58.9 Å². The minimum absolute atomic E-state index is 0.319. The predicted octanol–water partition coefficient (Wildman–Crippen LogP) is 4.26. The van der Waals surface area contributed by atoms with Crippen LogP contribution < -0.4 is 0 Å². The van der Waals surface area contributed by atoms with Crippen LogP contribution >= 0.6 is 11.6 Å². The number of hydrogen-bond acceptors (Lipinski definition) is 4. The van der Waals surface area contributed by atoms with E-state index in [1.165, 1.54) is 6.92 Å². The maximum Gasteiger partial charge on any atom is 0.204 e. The summed E-state index contributed by atoms with van der Waals surface area (Å²) in [6.45, 7) is 1.50. The van der Waals surface area contributed by atoms with Crippen LogP contribution in [0.3, 0.4) is 0 Å². The summed E-state index contributed by atoms with van der Waals surface area (Å²) in [5, 5.41) is 8.61. The third-order valence-electron chi connectivity index (χ3n) is 3.49. The maximum atomic E-state index is 12.4. The Morgan fingerprint density at radius 2 is 1.43 bits per heavy atom. The van der Waals surface area contributed by atoms with Crippen LogP contribution in [-0.2, 0) is 0 Å². The summed E-state index contributed by atoms with van der Waals surface area (Å²) in [7, 11) is 0. The largest absolute Gasteiger partial charge is 0.291 e. The molecule has 0 radical (unpaired) electrons. The molecule has 1 aliphatic carbocycles. The van der Waals surface area contributed by atoms with Crippen LogP contribution in [0.15, 0.2) is 58.8 Å². The van der Waals surface area contributed by atoms with Crippen LogP contribution in [0.25, 0.3) is 0 Å². The van der Waals surface area contributed by atoms with Crippen molar-refractivity contribution in [2.24, 2.45) is 10.2 Å². The molecule has 0 aromatic heterocycles. The Morgan fingerprint density at radius 3 is 1.95 bits per heavy atom. The number of Topliss-reactive ketones (excluding diaryl/α,β-unsaturated/α-hetero) is 2. The van der Waals surface area contributed by atoms with Gasteiger partial charge in [-0.05, 0) is 31.2 Å². The zero-order valence-corrected chi connectivity index (χ0v) is 12.0. The van der Waals surface area contributed by atoms with E-state index in [0.29, 0.717) is 21.8 Å². The zero-order valence-electron chi connectivity index (χ0n) is 11.2. The average molecular weight is 299 g/mol. The Labute approximate surface area is 126 Å². The van der Waals surface area contributed by atoms with Gasteiger partial charge in [-0.25, -0.2) is 0 Å². The molecule has 2 aromatic carbocycles. The number of fused-ring (bicyclic) bond motifs is 1. The normalized spacial score (nSPS) is 16.5. The number of nitrogens with zero attached hydrogens (tertiary/aromatic N) is 2. The Kier molecular flexibility index (Phi) is 3.18. The van der Waals surface area contributed by atoms with E-state index in [1.54, 1.807) is 48.5 Å². The Bertz CT molecular complexity index is 731. The molecular weight excluding hydrogens is 288 g/mol. The number of carbonyl (C=O) groups is 2. The molecule has 104 valence electrons. The van der Waals surface area contributed by atoms with Gasteiger partial charge in [0.25, 0.3) is 0 Å². The third-order valence-corrected chi connectivity index (χ3v) is 3.74. The molecule has 0 unspecified atom stereocenters. The summed E-state index contributed by atoms with van der Waals surface area (Å²) in [6.07, 6.45) is 0. The molecular formula is C16H11ClN2O2. The summed E-state index contributed by atoms with van der Waals surface area (Å²) in [6, 6.07) is 13.4. The molecule has 0 atom stereocenters. The smallest absolute Gasteiger partial charge is 0.204 e. The van der Waals surface area contributed by atoms with Gasteiger partial charge in [0, 0.05) is 16.1 Å². The van der Waals surface area contributed by atoms with Crippen LogP contribution in [0.2, 0.25) is 5.02 Å². The van der Waals surface area contributed by atoms with E-state index in [2.05, 4.69) is 10.2 Å². The van der Waals surface area contributed by atoms with Gasteiger partial charge < -0.3 is 0 Å². The molecule has 0 heterocycles. The second-order valence-corrected chi connectivity index (χ2v) is 5.39. The maximum absolute atomic E-state index is 12.4. The second kappa shape index (κ2) is 4.90. The number of benzene rings is 2. The highest BCUT2D eigenvalue weighted by atomic mass is 35.5. The lowest BCUT2D eigenvalue weighted by Gasteiger charge is -2.12. The van der Waals surface area contributed by atoms with E-state index in [4.69, 9.17) is 11.6 Å². The lowest BCUT2D eigenvalue weighted by Crippen LogP contribution is -2.35. The molecule has 21 heavy (non-hydrogen) atoms. The number of carbonyl (C=O) groups excluding carboxylic acids is 2. The van der Waals surface area contributed by atoms with Crippen LogP contribution in [0.1, 0.15) is 27.6 Å². The van der Waals surface area contributed by atoms with Crippen molar-refractivity contribution in [3.05, 3.63) is 64.7 Å².